The van der Waals surface area contributed by atoms with Crippen LogP contribution in [-0.4, -0.2) is 23.5 Å². The van der Waals surface area contributed by atoms with Crippen LogP contribution in [0.2, 0.25) is 0 Å². The van der Waals surface area contributed by atoms with E-state index in [0.717, 1.165) is 28.1 Å². The summed E-state index contributed by atoms with van der Waals surface area (Å²) in [7, 11) is 0. The van der Waals surface area contributed by atoms with Crippen LogP contribution >= 0.6 is 11.3 Å². The molecule has 3 atom stereocenters. The van der Waals surface area contributed by atoms with Crippen molar-refractivity contribution in [1.29, 1.82) is 0 Å². The van der Waals surface area contributed by atoms with Crippen molar-refractivity contribution >= 4 is 38.6 Å². The molecule has 0 radical (unpaired) electrons. The van der Waals surface area contributed by atoms with Crippen LogP contribution in [0.5, 0.6) is 0 Å². The van der Waals surface area contributed by atoms with Crippen LogP contribution in [0.15, 0.2) is 12.1 Å². The second kappa shape index (κ2) is 6.99. The molecule has 2 aromatic rings. The number of esters is 1. The fourth-order valence-electron chi connectivity index (χ4n) is 4.62. The van der Waals surface area contributed by atoms with Gasteiger partial charge in [0, 0.05) is 6.42 Å². The molecule has 1 amide bonds. The summed E-state index contributed by atoms with van der Waals surface area (Å²) in [5.41, 5.74) is 3.17. The highest BCUT2D eigenvalue weighted by Gasteiger charge is 2.40. The maximum atomic E-state index is 12.1. The number of anilines is 1. The van der Waals surface area contributed by atoms with E-state index in [2.05, 4.69) is 22.4 Å². The minimum atomic E-state index is -0.334. The smallest absolute Gasteiger partial charge is 0.306 e. The first kappa shape index (κ1) is 17.5. The molecule has 1 N–H and O–H groups in total. The third-order valence-electron chi connectivity index (χ3n) is 5.75. The summed E-state index contributed by atoms with van der Waals surface area (Å²) >= 11 is 1.44. The van der Waals surface area contributed by atoms with Crippen LogP contribution in [-0.2, 0) is 14.3 Å². The van der Waals surface area contributed by atoms with Gasteiger partial charge in [0.2, 0.25) is 0 Å². The summed E-state index contributed by atoms with van der Waals surface area (Å²) in [5.74, 6) is 1.37. The molecule has 2 aliphatic rings. The monoisotopic (exact) mass is 372 g/mol. The van der Waals surface area contributed by atoms with Crippen molar-refractivity contribution in [3.63, 3.8) is 0 Å². The zero-order valence-corrected chi connectivity index (χ0v) is 16.0. The van der Waals surface area contributed by atoms with Gasteiger partial charge in [0.25, 0.3) is 5.91 Å². The van der Waals surface area contributed by atoms with Crippen molar-refractivity contribution in [3.05, 3.63) is 23.3 Å². The number of carbonyl (C=O) groups is 2. The average Bonchev–Trinajstić information content (AvgIpc) is 3.28. The van der Waals surface area contributed by atoms with Crippen molar-refractivity contribution in [2.75, 3.05) is 11.9 Å². The van der Waals surface area contributed by atoms with E-state index in [1.807, 2.05) is 13.8 Å². The molecule has 0 aliphatic heterocycles. The van der Waals surface area contributed by atoms with Crippen LogP contribution in [0.1, 0.15) is 43.2 Å². The van der Waals surface area contributed by atoms with Gasteiger partial charge in [-0.2, -0.15) is 0 Å². The first-order valence-electron chi connectivity index (χ1n) is 9.31. The first-order chi connectivity index (χ1) is 12.5. The van der Waals surface area contributed by atoms with Gasteiger partial charge in [0.15, 0.2) is 11.7 Å². The van der Waals surface area contributed by atoms with Gasteiger partial charge in [-0.1, -0.05) is 23.8 Å². The highest BCUT2D eigenvalue weighted by atomic mass is 32.1. The van der Waals surface area contributed by atoms with Crippen LogP contribution in [0, 0.1) is 31.6 Å². The molecule has 4 rings (SSSR count). The number of nitrogens with one attached hydrogen (secondary N) is 1. The quantitative estimate of drug-likeness (QED) is 0.798. The van der Waals surface area contributed by atoms with Crippen LogP contribution in [0.4, 0.5) is 5.13 Å². The number of fused-ring (bicyclic) bond motifs is 3. The van der Waals surface area contributed by atoms with Gasteiger partial charge < -0.3 is 4.74 Å². The largest absolute Gasteiger partial charge is 0.456 e. The molecule has 2 aliphatic carbocycles. The van der Waals surface area contributed by atoms with E-state index in [4.69, 9.17) is 4.74 Å². The zero-order valence-electron chi connectivity index (χ0n) is 15.2. The molecule has 3 unspecified atom stereocenters. The van der Waals surface area contributed by atoms with E-state index < -0.39 is 0 Å². The van der Waals surface area contributed by atoms with E-state index in [1.54, 1.807) is 0 Å². The molecular formula is C20H24N2O3S. The highest BCUT2D eigenvalue weighted by Crippen LogP contribution is 2.49. The highest BCUT2D eigenvalue weighted by molar-refractivity contribution is 7.22. The lowest BCUT2D eigenvalue weighted by Crippen LogP contribution is -2.23. The van der Waals surface area contributed by atoms with Gasteiger partial charge in [-0.05, 0) is 68.1 Å². The van der Waals surface area contributed by atoms with Crippen LogP contribution in [0.25, 0.3) is 10.2 Å². The molecule has 138 valence electrons. The number of hydrogen-bond acceptors (Lipinski definition) is 5. The Labute approximate surface area is 157 Å². The molecule has 1 aromatic heterocycles. The predicted octanol–water partition coefficient (Wildman–Crippen LogP) is 4.22. The van der Waals surface area contributed by atoms with Crippen molar-refractivity contribution in [2.45, 2.75) is 46.0 Å². The fourth-order valence-corrected chi connectivity index (χ4v) is 5.68. The maximum Gasteiger partial charge on any atom is 0.306 e. The molecule has 1 aromatic carbocycles. The number of hydrogen-bond donors (Lipinski definition) is 1. The second-order valence-corrected chi connectivity index (χ2v) is 8.83. The SMILES string of the molecule is Cc1cc(C)c2nc(NC(=O)COC(=O)CC3CC4CCC3C4)sc2c1. The Morgan fingerprint density at radius 1 is 1.27 bits per heavy atom. The maximum absolute atomic E-state index is 12.1. The third kappa shape index (κ3) is 3.61. The standard InChI is InChI=1S/C20H24N2O3S/c1-11-5-12(2)19-16(6-11)26-20(22-19)21-17(23)10-25-18(24)9-15-8-13-3-4-14(15)7-13/h5-6,13-15H,3-4,7-10H2,1-2H3,(H,21,22,23). The molecule has 26 heavy (non-hydrogen) atoms. The summed E-state index contributed by atoms with van der Waals surface area (Å²) in [6, 6.07) is 4.14. The Balaban J connectivity index is 1.28. The normalized spacial score (nSPS) is 24.2. The Kier molecular flexibility index (Phi) is 4.69. The lowest BCUT2D eigenvalue weighted by Gasteiger charge is -2.20. The number of aryl methyl sites for hydroxylation is 2. The van der Waals surface area contributed by atoms with Gasteiger partial charge in [-0.15, -0.1) is 0 Å². The minimum Gasteiger partial charge on any atom is -0.456 e. The zero-order chi connectivity index (χ0) is 18.3. The molecular weight excluding hydrogens is 348 g/mol. The van der Waals surface area contributed by atoms with Crippen LogP contribution < -0.4 is 5.32 Å². The molecule has 2 saturated carbocycles. The number of nitrogens with zero attached hydrogens (tertiary/aromatic N) is 1. The number of aromatic nitrogens is 1. The number of carbonyl (C=O) groups excluding carboxylic acids is 2. The summed E-state index contributed by atoms with van der Waals surface area (Å²) in [5, 5.41) is 3.29. The minimum absolute atomic E-state index is 0.242. The lowest BCUT2D eigenvalue weighted by molar-refractivity contribution is -0.148. The number of benzene rings is 1. The van der Waals surface area contributed by atoms with Gasteiger partial charge in [0.05, 0.1) is 10.2 Å². The van der Waals surface area contributed by atoms with Crippen molar-refractivity contribution in [1.82, 2.24) is 4.98 Å². The van der Waals surface area contributed by atoms with E-state index >= 15 is 0 Å². The van der Waals surface area contributed by atoms with Crippen LogP contribution in [0.3, 0.4) is 0 Å². The molecule has 1 heterocycles. The Morgan fingerprint density at radius 3 is 2.85 bits per heavy atom. The average molecular weight is 372 g/mol. The number of thiazole rings is 1. The molecule has 0 saturated heterocycles. The first-order valence-corrected chi connectivity index (χ1v) is 10.1. The van der Waals surface area contributed by atoms with E-state index in [1.165, 1.54) is 36.2 Å². The molecule has 2 fully saturated rings. The van der Waals surface area contributed by atoms with E-state index in [-0.39, 0.29) is 18.5 Å². The van der Waals surface area contributed by atoms with Gasteiger partial charge in [-0.3, -0.25) is 14.9 Å². The van der Waals surface area contributed by atoms with Crippen molar-refractivity contribution < 1.29 is 14.3 Å². The summed E-state index contributed by atoms with van der Waals surface area (Å²) in [4.78, 5) is 28.6. The number of ether oxygens (including phenoxy) is 1. The Hall–Kier alpha value is -1.95. The Bertz CT molecular complexity index is 860. The topological polar surface area (TPSA) is 68.3 Å². The summed E-state index contributed by atoms with van der Waals surface area (Å²) < 4.78 is 6.24. The Morgan fingerprint density at radius 2 is 2.12 bits per heavy atom. The third-order valence-corrected chi connectivity index (χ3v) is 6.67. The molecule has 6 heteroatoms. The summed E-state index contributed by atoms with van der Waals surface area (Å²) in [6.45, 7) is 3.81. The van der Waals surface area contributed by atoms with Gasteiger partial charge >= 0.3 is 5.97 Å². The molecule has 0 spiro atoms. The van der Waals surface area contributed by atoms with E-state index in [9.17, 15) is 9.59 Å². The number of rotatable bonds is 5. The predicted molar refractivity (Wildman–Crippen MR) is 102 cm³/mol. The van der Waals surface area contributed by atoms with E-state index in [0.29, 0.717) is 23.4 Å². The van der Waals surface area contributed by atoms with Crippen molar-refractivity contribution in [2.24, 2.45) is 17.8 Å². The summed E-state index contributed by atoms with van der Waals surface area (Å²) in [6.07, 6.45) is 5.44. The van der Waals surface area contributed by atoms with Crippen molar-refractivity contribution in [3.8, 4) is 0 Å². The molecule has 2 bridgehead atoms. The van der Waals surface area contributed by atoms with Gasteiger partial charge in [0.1, 0.15) is 0 Å². The molecule has 5 nitrogen and oxygen atoms in total. The second-order valence-electron chi connectivity index (χ2n) is 7.80. The lowest BCUT2D eigenvalue weighted by atomic mass is 9.86. The fraction of sp³-hybridized carbons (Fsp3) is 0.550. The van der Waals surface area contributed by atoms with Gasteiger partial charge in [-0.25, -0.2) is 4.98 Å². The number of amides is 1.